The van der Waals surface area contributed by atoms with Crippen molar-refractivity contribution in [2.24, 2.45) is 5.92 Å². The zero-order chi connectivity index (χ0) is 12.7. The van der Waals surface area contributed by atoms with E-state index in [1.807, 2.05) is 6.08 Å². The highest BCUT2D eigenvalue weighted by atomic mass is 16.5. The van der Waals surface area contributed by atoms with Gasteiger partial charge in [0.25, 0.3) is 0 Å². The van der Waals surface area contributed by atoms with Crippen LogP contribution in [0.25, 0.3) is 0 Å². The van der Waals surface area contributed by atoms with Gasteiger partial charge >= 0.3 is 12.1 Å². The maximum Gasteiger partial charge on any atom is 0.407 e. The maximum atomic E-state index is 11.0. The van der Waals surface area contributed by atoms with E-state index in [-0.39, 0.29) is 5.97 Å². The van der Waals surface area contributed by atoms with Crippen molar-refractivity contribution in [2.75, 3.05) is 19.7 Å². The molecule has 0 spiro atoms. The summed E-state index contributed by atoms with van der Waals surface area (Å²) in [6.45, 7) is 3.34. The standard InChI is InChI=1S/C12H19NO4/c1-2-17-11(14)5-3-4-10-6-8-13(9-7-10)12(15)16/h3,5,10H,2,4,6-9H2,1H3,(H,15,16). The van der Waals surface area contributed by atoms with Gasteiger partial charge in [0.2, 0.25) is 0 Å². The number of hydrogen-bond acceptors (Lipinski definition) is 3. The first-order valence-corrected chi connectivity index (χ1v) is 5.94. The lowest BCUT2D eigenvalue weighted by molar-refractivity contribution is -0.137. The normalized spacial score (nSPS) is 17.4. The number of ether oxygens (including phenoxy) is 1. The van der Waals surface area contributed by atoms with Crippen LogP contribution in [0.15, 0.2) is 12.2 Å². The molecule has 1 fully saturated rings. The molecule has 5 nitrogen and oxygen atoms in total. The zero-order valence-electron chi connectivity index (χ0n) is 10.1. The van der Waals surface area contributed by atoms with Crippen molar-refractivity contribution in [3.8, 4) is 0 Å². The molecule has 1 amide bonds. The second-order valence-electron chi connectivity index (χ2n) is 4.10. The van der Waals surface area contributed by atoms with Crippen LogP contribution in [0, 0.1) is 5.92 Å². The number of carbonyl (C=O) groups is 2. The molecule has 0 aromatic rings. The van der Waals surface area contributed by atoms with E-state index in [0.717, 1.165) is 19.3 Å². The fourth-order valence-electron chi connectivity index (χ4n) is 1.91. The van der Waals surface area contributed by atoms with E-state index in [0.29, 0.717) is 25.6 Å². The molecule has 1 rings (SSSR count). The summed E-state index contributed by atoms with van der Waals surface area (Å²) in [7, 11) is 0. The lowest BCUT2D eigenvalue weighted by Crippen LogP contribution is -2.37. The topological polar surface area (TPSA) is 66.8 Å². The first-order chi connectivity index (χ1) is 8.13. The average molecular weight is 241 g/mol. The fourth-order valence-corrected chi connectivity index (χ4v) is 1.91. The summed E-state index contributed by atoms with van der Waals surface area (Å²) in [4.78, 5) is 23.2. The number of esters is 1. The number of piperidine rings is 1. The Hall–Kier alpha value is -1.52. The third kappa shape index (κ3) is 4.89. The van der Waals surface area contributed by atoms with Crippen molar-refractivity contribution in [1.82, 2.24) is 4.90 Å². The summed E-state index contributed by atoms with van der Waals surface area (Å²) in [5.74, 6) is 0.159. The SMILES string of the molecule is CCOC(=O)C=CCC1CCN(C(=O)O)CC1. The van der Waals surface area contributed by atoms with Crippen LogP contribution in [0.5, 0.6) is 0 Å². The highest BCUT2D eigenvalue weighted by molar-refractivity contribution is 5.81. The van der Waals surface area contributed by atoms with Crippen LogP contribution in [0.1, 0.15) is 26.2 Å². The van der Waals surface area contributed by atoms with E-state index in [9.17, 15) is 9.59 Å². The predicted octanol–water partition coefficient (Wildman–Crippen LogP) is 1.89. The van der Waals surface area contributed by atoms with Gasteiger partial charge in [-0.05, 0) is 32.1 Å². The second-order valence-corrected chi connectivity index (χ2v) is 4.10. The molecule has 17 heavy (non-hydrogen) atoms. The molecule has 0 bridgehead atoms. The van der Waals surface area contributed by atoms with E-state index in [1.165, 1.54) is 11.0 Å². The molecule has 96 valence electrons. The lowest BCUT2D eigenvalue weighted by Gasteiger charge is -2.29. The molecule has 1 aliphatic rings. The van der Waals surface area contributed by atoms with Crippen molar-refractivity contribution in [3.05, 3.63) is 12.2 Å². The molecule has 0 atom stereocenters. The molecule has 0 unspecified atom stereocenters. The van der Waals surface area contributed by atoms with E-state index >= 15 is 0 Å². The van der Waals surface area contributed by atoms with Crippen LogP contribution in [0.2, 0.25) is 0 Å². The Morgan fingerprint density at radius 2 is 2.06 bits per heavy atom. The van der Waals surface area contributed by atoms with Gasteiger partial charge in [-0.25, -0.2) is 9.59 Å². The number of nitrogens with zero attached hydrogens (tertiary/aromatic N) is 1. The van der Waals surface area contributed by atoms with Crippen LogP contribution in [0.3, 0.4) is 0 Å². The predicted molar refractivity (Wildman–Crippen MR) is 62.7 cm³/mol. The lowest BCUT2D eigenvalue weighted by atomic mass is 9.93. The van der Waals surface area contributed by atoms with Gasteiger partial charge in [0.05, 0.1) is 6.61 Å². The Balaban J connectivity index is 2.22. The quantitative estimate of drug-likeness (QED) is 0.603. The summed E-state index contributed by atoms with van der Waals surface area (Å²) in [6.07, 6.45) is 4.96. The molecule has 5 heteroatoms. The Morgan fingerprint density at radius 3 is 2.59 bits per heavy atom. The minimum atomic E-state index is -0.842. The van der Waals surface area contributed by atoms with Crippen LogP contribution in [-0.2, 0) is 9.53 Å². The van der Waals surface area contributed by atoms with Crippen molar-refractivity contribution in [1.29, 1.82) is 0 Å². The van der Waals surface area contributed by atoms with Gasteiger partial charge in [-0.3, -0.25) is 0 Å². The Labute approximate surface area is 101 Å². The molecular formula is C12H19NO4. The number of likely N-dealkylation sites (tertiary alicyclic amines) is 1. The number of amides is 1. The molecular weight excluding hydrogens is 222 g/mol. The van der Waals surface area contributed by atoms with Crippen molar-refractivity contribution in [2.45, 2.75) is 26.2 Å². The minimum absolute atomic E-state index is 0.310. The van der Waals surface area contributed by atoms with E-state index in [4.69, 9.17) is 9.84 Å². The summed E-state index contributed by atoms with van der Waals surface area (Å²) in [6, 6.07) is 0. The van der Waals surface area contributed by atoms with Crippen LogP contribution in [-0.4, -0.2) is 41.8 Å². The van der Waals surface area contributed by atoms with Crippen molar-refractivity contribution in [3.63, 3.8) is 0 Å². The molecule has 0 aromatic carbocycles. The molecule has 0 aliphatic carbocycles. The van der Waals surface area contributed by atoms with E-state index < -0.39 is 6.09 Å². The molecule has 0 radical (unpaired) electrons. The van der Waals surface area contributed by atoms with Gasteiger partial charge in [-0.2, -0.15) is 0 Å². The molecule has 0 aromatic heterocycles. The molecule has 1 saturated heterocycles. The number of hydrogen-bond donors (Lipinski definition) is 1. The third-order valence-corrected chi connectivity index (χ3v) is 2.89. The van der Waals surface area contributed by atoms with E-state index in [2.05, 4.69) is 0 Å². The number of carboxylic acid groups (broad SMARTS) is 1. The average Bonchev–Trinajstić information content (AvgIpc) is 2.30. The van der Waals surface area contributed by atoms with Crippen molar-refractivity contribution >= 4 is 12.1 Å². The highest BCUT2D eigenvalue weighted by Gasteiger charge is 2.21. The summed E-state index contributed by atoms with van der Waals surface area (Å²) in [5, 5.41) is 8.78. The Bertz CT molecular complexity index is 293. The summed E-state index contributed by atoms with van der Waals surface area (Å²) >= 11 is 0. The molecule has 1 heterocycles. The smallest absolute Gasteiger partial charge is 0.407 e. The maximum absolute atomic E-state index is 11.0. The second kappa shape index (κ2) is 6.93. The van der Waals surface area contributed by atoms with Crippen molar-refractivity contribution < 1.29 is 19.4 Å². The van der Waals surface area contributed by atoms with Gasteiger partial charge in [0, 0.05) is 19.2 Å². The third-order valence-electron chi connectivity index (χ3n) is 2.89. The first kappa shape index (κ1) is 13.5. The van der Waals surface area contributed by atoms with Crippen LogP contribution in [0.4, 0.5) is 4.79 Å². The summed E-state index contributed by atoms with van der Waals surface area (Å²) < 4.78 is 4.77. The number of carbonyl (C=O) groups excluding carboxylic acids is 1. The van der Waals surface area contributed by atoms with Gasteiger partial charge in [0.15, 0.2) is 0 Å². The first-order valence-electron chi connectivity index (χ1n) is 5.94. The molecule has 0 saturated carbocycles. The zero-order valence-corrected chi connectivity index (χ0v) is 10.1. The monoisotopic (exact) mass is 241 g/mol. The Kier molecular flexibility index (Phi) is 5.52. The fraction of sp³-hybridized carbons (Fsp3) is 0.667. The minimum Gasteiger partial charge on any atom is -0.465 e. The van der Waals surface area contributed by atoms with Gasteiger partial charge in [-0.15, -0.1) is 0 Å². The van der Waals surface area contributed by atoms with Gasteiger partial charge < -0.3 is 14.7 Å². The molecule has 1 N–H and O–H groups in total. The highest BCUT2D eigenvalue weighted by Crippen LogP contribution is 2.20. The van der Waals surface area contributed by atoms with Gasteiger partial charge in [0.1, 0.15) is 0 Å². The Morgan fingerprint density at radius 1 is 1.41 bits per heavy atom. The number of rotatable bonds is 4. The number of allylic oxidation sites excluding steroid dienone is 1. The van der Waals surface area contributed by atoms with Crippen LogP contribution < -0.4 is 0 Å². The van der Waals surface area contributed by atoms with Gasteiger partial charge in [-0.1, -0.05) is 6.08 Å². The summed E-state index contributed by atoms with van der Waals surface area (Å²) in [5.41, 5.74) is 0. The van der Waals surface area contributed by atoms with E-state index in [1.54, 1.807) is 6.92 Å². The largest absolute Gasteiger partial charge is 0.465 e. The van der Waals surface area contributed by atoms with Crippen LogP contribution >= 0.6 is 0 Å². The molecule has 1 aliphatic heterocycles.